The molecular formula is C18H26FNO3. The molecule has 1 saturated carbocycles. The number of carbonyl (C=O) groups excluding carboxylic acids is 1. The minimum atomic E-state index is -0.511. The Hall–Kier alpha value is -1.62. The van der Waals surface area contributed by atoms with E-state index in [0.717, 1.165) is 31.2 Å². The lowest BCUT2D eigenvalue weighted by Gasteiger charge is -2.32. The van der Waals surface area contributed by atoms with E-state index in [1.165, 1.54) is 12.1 Å². The van der Waals surface area contributed by atoms with E-state index in [1.807, 2.05) is 20.8 Å². The lowest BCUT2D eigenvalue weighted by molar-refractivity contribution is -0.0113. The van der Waals surface area contributed by atoms with E-state index in [-0.39, 0.29) is 18.0 Å². The molecule has 0 spiro atoms. The molecule has 0 saturated heterocycles. The smallest absolute Gasteiger partial charge is 0.407 e. The third-order valence-electron chi connectivity index (χ3n) is 3.78. The standard InChI is InChI=1S/C18H26FNO3/c1-18(2,3)23-17(21)20-15-6-4-5-7-16(15)22-12-13-8-10-14(19)11-9-13/h8-11,15-16H,4-7,12H2,1-3H3,(H,20,21)/t15-,16-/m1/s1. The fourth-order valence-electron chi connectivity index (χ4n) is 2.70. The van der Waals surface area contributed by atoms with Gasteiger partial charge in [-0.1, -0.05) is 25.0 Å². The van der Waals surface area contributed by atoms with Gasteiger partial charge in [0.15, 0.2) is 0 Å². The van der Waals surface area contributed by atoms with Crippen molar-refractivity contribution >= 4 is 6.09 Å². The van der Waals surface area contributed by atoms with Crippen molar-refractivity contribution in [2.24, 2.45) is 0 Å². The number of hydrogen-bond acceptors (Lipinski definition) is 3. The zero-order chi connectivity index (χ0) is 16.9. The van der Waals surface area contributed by atoms with Gasteiger partial charge in [0.2, 0.25) is 0 Å². The third kappa shape index (κ3) is 6.18. The van der Waals surface area contributed by atoms with Gasteiger partial charge in [-0.05, 0) is 51.3 Å². The summed E-state index contributed by atoms with van der Waals surface area (Å²) in [5, 5.41) is 2.92. The van der Waals surface area contributed by atoms with Gasteiger partial charge in [0.1, 0.15) is 11.4 Å². The number of alkyl carbamates (subject to hydrolysis) is 1. The van der Waals surface area contributed by atoms with E-state index in [9.17, 15) is 9.18 Å². The lowest BCUT2D eigenvalue weighted by Crippen LogP contribution is -2.47. The van der Waals surface area contributed by atoms with Crippen LogP contribution in [0.3, 0.4) is 0 Å². The van der Waals surface area contributed by atoms with Crippen molar-refractivity contribution in [3.8, 4) is 0 Å². The maximum absolute atomic E-state index is 12.9. The average Bonchev–Trinajstić information content (AvgIpc) is 2.46. The number of carbonyl (C=O) groups is 1. The van der Waals surface area contributed by atoms with E-state index in [4.69, 9.17) is 9.47 Å². The third-order valence-corrected chi connectivity index (χ3v) is 3.78. The van der Waals surface area contributed by atoms with Crippen LogP contribution in [0, 0.1) is 5.82 Å². The van der Waals surface area contributed by atoms with Crippen molar-refractivity contribution in [3.05, 3.63) is 35.6 Å². The van der Waals surface area contributed by atoms with Gasteiger partial charge in [-0.2, -0.15) is 0 Å². The predicted molar refractivity (Wildman–Crippen MR) is 86.6 cm³/mol. The Morgan fingerprint density at radius 3 is 2.52 bits per heavy atom. The molecule has 4 nitrogen and oxygen atoms in total. The van der Waals surface area contributed by atoms with E-state index in [1.54, 1.807) is 12.1 Å². The molecule has 0 aliphatic heterocycles. The second-order valence-corrected chi connectivity index (χ2v) is 7.01. The highest BCUT2D eigenvalue weighted by molar-refractivity contribution is 5.68. The Morgan fingerprint density at radius 1 is 1.22 bits per heavy atom. The molecular weight excluding hydrogens is 297 g/mol. The second-order valence-electron chi connectivity index (χ2n) is 7.01. The molecule has 128 valence electrons. The van der Waals surface area contributed by atoms with Gasteiger partial charge in [0.25, 0.3) is 0 Å². The summed E-state index contributed by atoms with van der Waals surface area (Å²) in [6.07, 6.45) is 3.49. The molecule has 0 aromatic heterocycles. The fraction of sp³-hybridized carbons (Fsp3) is 0.611. The van der Waals surface area contributed by atoms with Crippen molar-refractivity contribution in [2.75, 3.05) is 0 Å². The molecule has 1 fully saturated rings. The van der Waals surface area contributed by atoms with Crippen LogP contribution in [0.4, 0.5) is 9.18 Å². The van der Waals surface area contributed by atoms with Crippen molar-refractivity contribution in [3.63, 3.8) is 0 Å². The van der Waals surface area contributed by atoms with Crippen LogP contribution in [-0.4, -0.2) is 23.8 Å². The van der Waals surface area contributed by atoms with Gasteiger partial charge in [0, 0.05) is 0 Å². The maximum Gasteiger partial charge on any atom is 0.407 e. The number of benzene rings is 1. The average molecular weight is 323 g/mol. The van der Waals surface area contributed by atoms with Gasteiger partial charge < -0.3 is 14.8 Å². The molecule has 1 aliphatic carbocycles. The van der Waals surface area contributed by atoms with Crippen LogP contribution in [0.1, 0.15) is 52.0 Å². The normalized spacial score (nSPS) is 21.7. The molecule has 1 aromatic rings. The number of halogens is 1. The first-order valence-electron chi connectivity index (χ1n) is 8.19. The van der Waals surface area contributed by atoms with Crippen LogP contribution >= 0.6 is 0 Å². The zero-order valence-electron chi connectivity index (χ0n) is 14.1. The Kier molecular flexibility index (Phi) is 5.99. The number of hydrogen-bond donors (Lipinski definition) is 1. The van der Waals surface area contributed by atoms with Gasteiger partial charge in [-0.3, -0.25) is 0 Å². The van der Waals surface area contributed by atoms with Crippen molar-refractivity contribution in [1.29, 1.82) is 0 Å². The van der Waals surface area contributed by atoms with E-state index < -0.39 is 11.7 Å². The van der Waals surface area contributed by atoms with Crippen LogP contribution in [-0.2, 0) is 16.1 Å². The molecule has 2 rings (SSSR count). The molecule has 1 N–H and O–H groups in total. The minimum absolute atomic E-state index is 0.0404. The van der Waals surface area contributed by atoms with Crippen molar-refractivity contribution < 1.29 is 18.7 Å². The molecule has 1 amide bonds. The minimum Gasteiger partial charge on any atom is -0.444 e. The van der Waals surface area contributed by atoms with Gasteiger partial charge in [-0.15, -0.1) is 0 Å². The number of nitrogens with one attached hydrogen (secondary N) is 1. The highest BCUT2D eigenvalue weighted by atomic mass is 19.1. The van der Waals surface area contributed by atoms with Gasteiger partial charge >= 0.3 is 6.09 Å². The summed E-state index contributed by atoms with van der Waals surface area (Å²) >= 11 is 0. The molecule has 5 heteroatoms. The Labute approximate surface area is 137 Å². The summed E-state index contributed by atoms with van der Waals surface area (Å²) < 4.78 is 24.2. The largest absolute Gasteiger partial charge is 0.444 e. The number of amides is 1. The summed E-state index contributed by atoms with van der Waals surface area (Å²) in [5.41, 5.74) is 0.413. The molecule has 2 atom stereocenters. The molecule has 1 aromatic carbocycles. The quantitative estimate of drug-likeness (QED) is 0.904. The highest BCUT2D eigenvalue weighted by Crippen LogP contribution is 2.23. The summed E-state index contributed by atoms with van der Waals surface area (Å²) in [6, 6.07) is 6.24. The van der Waals surface area contributed by atoms with Crippen molar-refractivity contribution in [1.82, 2.24) is 5.32 Å². The Bertz CT molecular complexity index is 510. The summed E-state index contributed by atoms with van der Waals surface area (Å²) in [7, 11) is 0. The van der Waals surface area contributed by atoms with Crippen LogP contribution < -0.4 is 5.32 Å². The predicted octanol–water partition coefficient (Wildman–Crippen LogP) is 4.18. The molecule has 0 heterocycles. The maximum atomic E-state index is 12.9. The first-order chi connectivity index (χ1) is 10.8. The molecule has 0 bridgehead atoms. The summed E-state index contributed by atoms with van der Waals surface area (Å²) in [4.78, 5) is 12.0. The number of rotatable bonds is 4. The van der Waals surface area contributed by atoms with Crippen LogP contribution in [0.15, 0.2) is 24.3 Å². The van der Waals surface area contributed by atoms with Gasteiger partial charge in [-0.25, -0.2) is 9.18 Å². The number of ether oxygens (including phenoxy) is 2. The topological polar surface area (TPSA) is 47.6 Å². The lowest BCUT2D eigenvalue weighted by atomic mass is 9.92. The van der Waals surface area contributed by atoms with Crippen molar-refractivity contribution in [2.45, 2.75) is 70.8 Å². The SMILES string of the molecule is CC(C)(C)OC(=O)N[C@@H]1CCCC[C@H]1OCc1ccc(F)cc1. The molecule has 0 radical (unpaired) electrons. The van der Waals surface area contributed by atoms with Crippen LogP contribution in [0.5, 0.6) is 0 Å². The van der Waals surface area contributed by atoms with Crippen LogP contribution in [0.2, 0.25) is 0 Å². The van der Waals surface area contributed by atoms with Gasteiger partial charge in [0.05, 0.1) is 18.8 Å². The van der Waals surface area contributed by atoms with Crippen LogP contribution in [0.25, 0.3) is 0 Å². The highest BCUT2D eigenvalue weighted by Gasteiger charge is 2.29. The summed E-state index contributed by atoms with van der Waals surface area (Å²) in [6.45, 7) is 5.94. The Balaban J connectivity index is 1.87. The summed E-state index contributed by atoms with van der Waals surface area (Å²) in [5.74, 6) is -0.254. The fourth-order valence-corrected chi connectivity index (χ4v) is 2.70. The monoisotopic (exact) mass is 323 g/mol. The second kappa shape index (κ2) is 7.77. The first-order valence-corrected chi connectivity index (χ1v) is 8.19. The van der Waals surface area contributed by atoms with E-state index in [2.05, 4.69) is 5.32 Å². The van der Waals surface area contributed by atoms with E-state index >= 15 is 0 Å². The van der Waals surface area contributed by atoms with E-state index in [0.29, 0.717) is 6.61 Å². The first kappa shape index (κ1) is 17.7. The molecule has 1 aliphatic rings. The Morgan fingerprint density at radius 2 is 1.87 bits per heavy atom. The molecule has 23 heavy (non-hydrogen) atoms. The zero-order valence-corrected chi connectivity index (χ0v) is 14.1. The molecule has 0 unspecified atom stereocenters.